The van der Waals surface area contributed by atoms with Crippen LogP contribution in [-0.2, 0) is 16.1 Å². The summed E-state index contributed by atoms with van der Waals surface area (Å²) in [6.07, 6.45) is -0.167. The van der Waals surface area contributed by atoms with Gasteiger partial charge in [0.25, 0.3) is 0 Å². The van der Waals surface area contributed by atoms with E-state index in [1.165, 1.54) is 27.4 Å². The molecule has 1 aliphatic heterocycles. The van der Waals surface area contributed by atoms with E-state index in [0.29, 0.717) is 29.4 Å². The highest BCUT2D eigenvalue weighted by atomic mass is 16.5. The predicted molar refractivity (Wildman–Crippen MR) is 145 cm³/mol. The summed E-state index contributed by atoms with van der Waals surface area (Å²) >= 11 is 0. The van der Waals surface area contributed by atoms with Crippen LogP contribution in [0.2, 0.25) is 0 Å². The van der Waals surface area contributed by atoms with Gasteiger partial charge in [0.2, 0.25) is 11.2 Å². The van der Waals surface area contributed by atoms with Gasteiger partial charge < -0.3 is 33.4 Å². The molecule has 208 valence electrons. The molecule has 1 aromatic heterocycles. The van der Waals surface area contributed by atoms with Crippen molar-refractivity contribution in [1.82, 2.24) is 4.90 Å². The summed E-state index contributed by atoms with van der Waals surface area (Å²) in [6, 6.07) is 14.4. The zero-order valence-electron chi connectivity index (χ0n) is 22.6. The number of rotatable bonds is 10. The van der Waals surface area contributed by atoms with E-state index in [4.69, 9.17) is 23.4 Å². The summed E-state index contributed by atoms with van der Waals surface area (Å²) < 4.78 is 27.1. The monoisotopic (exact) mass is 538 g/mol. The van der Waals surface area contributed by atoms with Crippen molar-refractivity contribution in [3.63, 3.8) is 0 Å². The molecule has 10 heteroatoms. The Labute approximate surface area is 227 Å². The third-order valence-electron chi connectivity index (χ3n) is 6.92. The van der Waals surface area contributed by atoms with E-state index in [-0.39, 0.29) is 12.2 Å². The summed E-state index contributed by atoms with van der Waals surface area (Å²) in [4.78, 5) is 29.7. The third kappa shape index (κ3) is 6.46. The molecule has 1 N–H and O–H groups in total. The Morgan fingerprint density at radius 2 is 1.59 bits per heavy atom. The van der Waals surface area contributed by atoms with Crippen molar-refractivity contribution in [3.05, 3.63) is 75.8 Å². The lowest BCUT2D eigenvalue weighted by Gasteiger charge is -2.36. The maximum Gasteiger partial charge on any atom is 0.306 e. The minimum atomic E-state index is -0.821. The summed E-state index contributed by atoms with van der Waals surface area (Å²) in [5.41, 5.74) is 1.09. The number of nitrogens with zero attached hydrogens (tertiary/aromatic N) is 2. The molecule has 4 rings (SSSR count). The number of carbonyl (C=O) groups is 1. The lowest BCUT2D eigenvalue weighted by Crippen LogP contribution is -2.46. The molecule has 1 saturated heterocycles. The van der Waals surface area contributed by atoms with Crippen molar-refractivity contribution in [2.45, 2.75) is 18.9 Å². The molecule has 0 unspecified atom stereocenters. The zero-order valence-corrected chi connectivity index (χ0v) is 22.6. The van der Waals surface area contributed by atoms with Crippen LogP contribution in [0.3, 0.4) is 0 Å². The van der Waals surface area contributed by atoms with Crippen LogP contribution in [0.5, 0.6) is 23.0 Å². The molecule has 0 saturated carbocycles. The molecule has 0 bridgehead atoms. The first-order chi connectivity index (χ1) is 18.9. The van der Waals surface area contributed by atoms with Gasteiger partial charge in [0, 0.05) is 49.6 Å². The second-order valence-corrected chi connectivity index (χ2v) is 9.19. The Morgan fingerprint density at radius 1 is 0.923 bits per heavy atom. The minimum Gasteiger partial charge on any atom is -0.502 e. The number of methoxy groups -OCH3 is 4. The molecule has 0 aliphatic carbocycles. The number of hydrogen-bond donors (Lipinski definition) is 1. The molecule has 3 aromatic rings. The second kappa shape index (κ2) is 12.6. The first kappa shape index (κ1) is 27.8. The molecular formula is C29H34N2O8. The van der Waals surface area contributed by atoms with Crippen molar-refractivity contribution >= 4 is 11.7 Å². The average molecular weight is 539 g/mol. The van der Waals surface area contributed by atoms with Crippen molar-refractivity contribution in [2.75, 3.05) is 59.5 Å². The van der Waals surface area contributed by atoms with E-state index in [2.05, 4.69) is 9.80 Å². The van der Waals surface area contributed by atoms with Gasteiger partial charge in [0.1, 0.15) is 23.0 Å². The standard InChI is InChI=1S/C29H34N2O8/c1-35-20-7-5-19(6-8-20)31-13-11-30(12-14-31)18-22-15-25(32)28(34)29(39-22)24(17-27(33)38-4)23-10-9-21(36-2)16-26(23)37-3/h5-10,15-16,24,34H,11-14,17-18H2,1-4H3/t24-/m0/s1. The van der Waals surface area contributed by atoms with Crippen molar-refractivity contribution in [1.29, 1.82) is 0 Å². The maximum atomic E-state index is 12.8. The van der Waals surface area contributed by atoms with Crippen molar-refractivity contribution in [2.24, 2.45) is 0 Å². The van der Waals surface area contributed by atoms with E-state index in [9.17, 15) is 14.7 Å². The largest absolute Gasteiger partial charge is 0.502 e. The lowest BCUT2D eigenvalue weighted by atomic mass is 9.91. The fourth-order valence-corrected chi connectivity index (χ4v) is 4.75. The second-order valence-electron chi connectivity index (χ2n) is 9.19. The molecule has 0 amide bonds. The fraction of sp³-hybridized carbons (Fsp3) is 0.379. The molecule has 39 heavy (non-hydrogen) atoms. The molecule has 2 aromatic carbocycles. The molecule has 0 radical (unpaired) electrons. The van der Waals surface area contributed by atoms with Gasteiger partial charge in [-0.05, 0) is 30.3 Å². The molecule has 1 atom stereocenters. The van der Waals surface area contributed by atoms with E-state index >= 15 is 0 Å². The van der Waals surface area contributed by atoms with Crippen molar-refractivity contribution < 1.29 is 33.3 Å². The summed E-state index contributed by atoms with van der Waals surface area (Å²) in [5.74, 6) is 0.281. The van der Waals surface area contributed by atoms with Gasteiger partial charge in [-0.25, -0.2) is 0 Å². The Bertz CT molecular complexity index is 1330. The zero-order chi connectivity index (χ0) is 27.9. The third-order valence-corrected chi connectivity index (χ3v) is 6.92. The Balaban J connectivity index is 1.57. The molecule has 2 heterocycles. The predicted octanol–water partition coefficient (Wildman–Crippen LogP) is 3.39. The topological polar surface area (TPSA) is 111 Å². The first-order valence-corrected chi connectivity index (χ1v) is 12.6. The van der Waals surface area contributed by atoms with Crippen LogP contribution in [0.4, 0.5) is 5.69 Å². The number of piperazine rings is 1. The van der Waals surface area contributed by atoms with Gasteiger partial charge in [0.05, 0.1) is 47.3 Å². The number of ether oxygens (including phenoxy) is 4. The van der Waals surface area contributed by atoms with Crippen molar-refractivity contribution in [3.8, 4) is 23.0 Å². The van der Waals surface area contributed by atoms with Gasteiger partial charge in [-0.15, -0.1) is 0 Å². The normalized spacial score (nSPS) is 14.5. The van der Waals surface area contributed by atoms with Gasteiger partial charge in [0.15, 0.2) is 5.76 Å². The number of anilines is 1. The number of hydrogen-bond acceptors (Lipinski definition) is 10. The molecule has 1 aliphatic rings. The number of carbonyl (C=O) groups excluding carboxylic acids is 1. The van der Waals surface area contributed by atoms with Crippen LogP contribution < -0.4 is 24.5 Å². The van der Waals surface area contributed by atoms with Crippen LogP contribution in [0.25, 0.3) is 0 Å². The van der Waals surface area contributed by atoms with Gasteiger partial charge in [-0.1, -0.05) is 6.07 Å². The highest BCUT2D eigenvalue weighted by Crippen LogP contribution is 2.39. The molecule has 10 nitrogen and oxygen atoms in total. The number of benzene rings is 2. The Kier molecular flexibility index (Phi) is 8.98. The van der Waals surface area contributed by atoms with Crippen LogP contribution in [0.1, 0.15) is 29.4 Å². The summed E-state index contributed by atoms with van der Waals surface area (Å²) in [6.45, 7) is 3.49. The van der Waals surface area contributed by atoms with E-state index in [1.807, 2.05) is 24.3 Å². The van der Waals surface area contributed by atoms with E-state index in [1.54, 1.807) is 25.3 Å². The van der Waals surface area contributed by atoms with Gasteiger partial charge in [-0.2, -0.15) is 0 Å². The van der Waals surface area contributed by atoms with Crippen LogP contribution in [0, 0.1) is 0 Å². The number of aromatic hydroxyl groups is 1. The fourth-order valence-electron chi connectivity index (χ4n) is 4.75. The summed E-state index contributed by atoms with van der Waals surface area (Å²) in [7, 11) is 5.95. The van der Waals surface area contributed by atoms with E-state index < -0.39 is 23.1 Å². The molecule has 1 fully saturated rings. The Hall–Kier alpha value is -4.18. The minimum absolute atomic E-state index is 0.0109. The van der Waals surface area contributed by atoms with Crippen LogP contribution in [0.15, 0.2) is 57.7 Å². The number of esters is 1. The van der Waals surface area contributed by atoms with Crippen LogP contribution >= 0.6 is 0 Å². The quantitative estimate of drug-likeness (QED) is 0.386. The highest BCUT2D eigenvalue weighted by Gasteiger charge is 2.30. The van der Waals surface area contributed by atoms with Gasteiger partial charge >= 0.3 is 5.97 Å². The highest BCUT2D eigenvalue weighted by molar-refractivity contribution is 5.71. The molecule has 0 spiro atoms. The first-order valence-electron chi connectivity index (χ1n) is 12.6. The van der Waals surface area contributed by atoms with E-state index in [0.717, 1.165) is 37.6 Å². The molecular weight excluding hydrogens is 504 g/mol. The van der Waals surface area contributed by atoms with Gasteiger partial charge in [-0.3, -0.25) is 14.5 Å². The SMILES string of the molecule is COC(=O)C[C@@H](c1ccc(OC)cc1OC)c1oc(CN2CCN(c3ccc(OC)cc3)CC2)cc(=O)c1O. The smallest absolute Gasteiger partial charge is 0.306 e. The maximum absolute atomic E-state index is 12.8. The summed E-state index contributed by atoms with van der Waals surface area (Å²) in [5, 5.41) is 10.8. The van der Waals surface area contributed by atoms with Crippen LogP contribution in [-0.4, -0.2) is 70.6 Å². The Morgan fingerprint density at radius 3 is 2.21 bits per heavy atom. The average Bonchev–Trinajstić information content (AvgIpc) is 2.97. The lowest BCUT2D eigenvalue weighted by molar-refractivity contribution is -0.140.